The summed E-state index contributed by atoms with van der Waals surface area (Å²) in [7, 11) is 0. The topological polar surface area (TPSA) is 66.0 Å². The van der Waals surface area contributed by atoms with E-state index in [0.717, 1.165) is 17.9 Å². The number of esters is 1. The van der Waals surface area contributed by atoms with Gasteiger partial charge in [0, 0.05) is 18.2 Å². The zero-order valence-electron chi connectivity index (χ0n) is 15.2. The fourth-order valence-electron chi connectivity index (χ4n) is 2.18. The molecular formula is C19H27NO5. The lowest BCUT2D eigenvalue weighted by molar-refractivity contribution is -0.139. The van der Waals surface area contributed by atoms with Crippen molar-refractivity contribution in [3.8, 4) is 11.5 Å². The molecule has 6 heteroatoms. The number of nitrogens with one attached hydrogen (secondary N) is 1. The van der Waals surface area contributed by atoms with Crippen LogP contribution in [0.3, 0.4) is 0 Å². The summed E-state index contributed by atoms with van der Waals surface area (Å²) >= 11 is 0. The number of benzene rings is 1. The summed E-state index contributed by atoms with van der Waals surface area (Å²) in [6.45, 7) is 9.36. The molecule has 2 rings (SSSR count). The minimum absolute atomic E-state index is 0.0778. The van der Waals surface area contributed by atoms with E-state index in [1.54, 1.807) is 6.08 Å². The maximum atomic E-state index is 11.7. The fourth-order valence-corrected chi connectivity index (χ4v) is 2.18. The van der Waals surface area contributed by atoms with Crippen molar-refractivity contribution in [2.45, 2.75) is 26.3 Å². The molecule has 1 aromatic rings. The van der Waals surface area contributed by atoms with Crippen LogP contribution in [0, 0.1) is 0 Å². The summed E-state index contributed by atoms with van der Waals surface area (Å²) in [4.78, 5) is 11.7. The van der Waals surface area contributed by atoms with Gasteiger partial charge in [-0.15, -0.1) is 0 Å². The van der Waals surface area contributed by atoms with Crippen molar-refractivity contribution in [3.05, 3.63) is 29.8 Å². The third-order valence-corrected chi connectivity index (χ3v) is 3.35. The van der Waals surface area contributed by atoms with E-state index < -0.39 is 5.97 Å². The fraction of sp³-hybridized carbons (Fsp3) is 0.526. The SMILES string of the molecule is CC(C)(C)NCCOCCOC(=O)/C=C/c1ccc2c(c1)OCCO2. The van der Waals surface area contributed by atoms with Crippen LogP contribution in [-0.4, -0.2) is 51.1 Å². The summed E-state index contributed by atoms with van der Waals surface area (Å²) in [5.41, 5.74) is 0.930. The van der Waals surface area contributed by atoms with Crippen molar-refractivity contribution in [3.63, 3.8) is 0 Å². The van der Waals surface area contributed by atoms with Gasteiger partial charge in [0.05, 0.1) is 13.2 Å². The maximum Gasteiger partial charge on any atom is 0.330 e. The Kier molecular flexibility index (Phi) is 7.28. The molecule has 0 unspecified atom stereocenters. The van der Waals surface area contributed by atoms with Gasteiger partial charge in [-0.1, -0.05) is 6.07 Å². The van der Waals surface area contributed by atoms with Crippen LogP contribution in [0.4, 0.5) is 0 Å². The van der Waals surface area contributed by atoms with Crippen molar-refractivity contribution < 1.29 is 23.7 Å². The van der Waals surface area contributed by atoms with Crippen molar-refractivity contribution in [2.75, 3.05) is 39.6 Å². The van der Waals surface area contributed by atoms with E-state index in [9.17, 15) is 4.79 Å². The summed E-state index contributed by atoms with van der Waals surface area (Å²) < 4.78 is 21.5. The Morgan fingerprint density at radius 2 is 1.92 bits per heavy atom. The Balaban J connectivity index is 1.62. The first kappa shape index (κ1) is 19.3. The van der Waals surface area contributed by atoms with Crippen LogP contribution in [0.15, 0.2) is 24.3 Å². The van der Waals surface area contributed by atoms with Gasteiger partial charge < -0.3 is 24.3 Å². The van der Waals surface area contributed by atoms with Crippen LogP contribution in [0.5, 0.6) is 11.5 Å². The Morgan fingerprint density at radius 1 is 1.16 bits per heavy atom. The minimum atomic E-state index is -0.397. The van der Waals surface area contributed by atoms with Crippen LogP contribution in [0.1, 0.15) is 26.3 Å². The highest BCUT2D eigenvalue weighted by Crippen LogP contribution is 2.31. The van der Waals surface area contributed by atoms with Crippen molar-refractivity contribution >= 4 is 12.0 Å². The normalized spacial score (nSPS) is 13.9. The molecule has 0 spiro atoms. The van der Waals surface area contributed by atoms with E-state index in [1.807, 2.05) is 18.2 Å². The average Bonchev–Trinajstić information content (AvgIpc) is 2.58. The van der Waals surface area contributed by atoms with E-state index in [1.165, 1.54) is 6.08 Å². The number of hydrogen-bond acceptors (Lipinski definition) is 6. The Bertz CT molecular complexity index is 592. The number of carbonyl (C=O) groups is 1. The van der Waals surface area contributed by atoms with Gasteiger partial charge in [-0.3, -0.25) is 0 Å². The molecule has 1 aliphatic rings. The van der Waals surface area contributed by atoms with E-state index in [-0.39, 0.29) is 12.1 Å². The third kappa shape index (κ3) is 7.58. The molecule has 1 aromatic carbocycles. The lowest BCUT2D eigenvalue weighted by Crippen LogP contribution is -2.38. The molecule has 0 bridgehead atoms. The van der Waals surface area contributed by atoms with Crippen molar-refractivity contribution in [1.29, 1.82) is 0 Å². The molecule has 6 nitrogen and oxygen atoms in total. The second kappa shape index (κ2) is 9.44. The summed E-state index contributed by atoms with van der Waals surface area (Å²) in [5.74, 6) is 1.02. The van der Waals surface area contributed by atoms with Crippen LogP contribution in [0.25, 0.3) is 6.08 Å². The molecule has 0 aromatic heterocycles. The molecule has 0 amide bonds. The first-order chi connectivity index (χ1) is 11.9. The predicted octanol–water partition coefficient (Wildman–Crippen LogP) is 2.42. The number of ether oxygens (including phenoxy) is 4. The summed E-state index contributed by atoms with van der Waals surface area (Å²) in [5, 5.41) is 3.32. The van der Waals surface area contributed by atoms with Gasteiger partial charge in [0.15, 0.2) is 11.5 Å². The van der Waals surface area contributed by atoms with Crippen LogP contribution < -0.4 is 14.8 Å². The zero-order chi connectivity index (χ0) is 18.1. The quantitative estimate of drug-likeness (QED) is 0.442. The minimum Gasteiger partial charge on any atom is -0.486 e. The zero-order valence-corrected chi connectivity index (χ0v) is 15.2. The lowest BCUT2D eigenvalue weighted by atomic mass is 10.1. The second-order valence-corrected chi connectivity index (χ2v) is 6.69. The highest BCUT2D eigenvalue weighted by Gasteiger charge is 2.11. The average molecular weight is 349 g/mol. The highest BCUT2D eigenvalue weighted by atomic mass is 16.6. The molecule has 25 heavy (non-hydrogen) atoms. The van der Waals surface area contributed by atoms with Crippen LogP contribution >= 0.6 is 0 Å². The van der Waals surface area contributed by atoms with E-state index in [0.29, 0.717) is 32.2 Å². The van der Waals surface area contributed by atoms with E-state index >= 15 is 0 Å². The number of fused-ring (bicyclic) bond motifs is 1. The van der Waals surface area contributed by atoms with Crippen molar-refractivity contribution in [2.24, 2.45) is 0 Å². The number of carbonyl (C=O) groups excluding carboxylic acids is 1. The molecule has 138 valence electrons. The molecule has 0 saturated heterocycles. The van der Waals surface area contributed by atoms with Crippen LogP contribution in [-0.2, 0) is 14.3 Å². The second-order valence-electron chi connectivity index (χ2n) is 6.69. The Hall–Kier alpha value is -2.05. The Morgan fingerprint density at radius 3 is 2.68 bits per heavy atom. The van der Waals surface area contributed by atoms with E-state index in [4.69, 9.17) is 18.9 Å². The standard InChI is InChI=1S/C19H27NO5/c1-19(2,3)20-8-9-22-10-11-25-18(21)7-5-15-4-6-16-17(14-15)24-13-12-23-16/h4-7,14,20H,8-13H2,1-3H3/b7-5+. The van der Waals surface area contributed by atoms with Gasteiger partial charge in [-0.05, 0) is 44.5 Å². The Labute approximate surface area is 149 Å². The number of hydrogen-bond donors (Lipinski definition) is 1. The molecule has 0 atom stereocenters. The van der Waals surface area contributed by atoms with Gasteiger partial charge >= 0.3 is 5.97 Å². The highest BCUT2D eigenvalue weighted by molar-refractivity contribution is 5.87. The van der Waals surface area contributed by atoms with Crippen molar-refractivity contribution in [1.82, 2.24) is 5.32 Å². The van der Waals surface area contributed by atoms with Gasteiger partial charge in [0.2, 0.25) is 0 Å². The first-order valence-corrected chi connectivity index (χ1v) is 8.51. The molecule has 1 aliphatic heterocycles. The predicted molar refractivity (Wildman–Crippen MR) is 96.0 cm³/mol. The molecule has 0 saturated carbocycles. The molecule has 0 radical (unpaired) electrons. The molecular weight excluding hydrogens is 322 g/mol. The number of rotatable bonds is 8. The van der Waals surface area contributed by atoms with Crippen LogP contribution in [0.2, 0.25) is 0 Å². The molecule has 1 N–H and O–H groups in total. The van der Waals surface area contributed by atoms with Gasteiger partial charge in [-0.25, -0.2) is 4.79 Å². The summed E-state index contributed by atoms with van der Waals surface area (Å²) in [6, 6.07) is 5.53. The van der Waals surface area contributed by atoms with Gasteiger partial charge in [0.1, 0.15) is 19.8 Å². The monoisotopic (exact) mass is 349 g/mol. The lowest BCUT2D eigenvalue weighted by Gasteiger charge is -2.20. The largest absolute Gasteiger partial charge is 0.486 e. The van der Waals surface area contributed by atoms with Gasteiger partial charge in [-0.2, -0.15) is 0 Å². The third-order valence-electron chi connectivity index (χ3n) is 3.35. The summed E-state index contributed by atoms with van der Waals surface area (Å²) in [6.07, 6.45) is 3.08. The van der Waals surface area contributed by atoms with E-state index in [2.05, 4.69) is 26.1 Å². The first-order valence-electron chi connectivity index (χ1n) is 8.51. The maximum absolute atomic E-state index is 11.7. The smallest absolute Gasteiger partial charge is 0.330 e. The molecule has 1 heterocycles. The van der Waals surface area contributed by atoms with Gasteiger partial charge in [0.25, 0.3) is 0 Å². The molecule has 0 aliphatic carbocycles. The molecule has 0 fully saturated rings.